The monoisotopic (exact) mass is 261 g/mol. The topological polar surface area (TPSA) is 23.8 Å². The van der Waals surface area contributed by atoms with Crippen LogP contribution >= 0.6 is 0 Å². The number of nitriles is 1. The first kappa shape index (κ1) is 13.2. The van der Waals surface area contributed by atoms with Crippen molar-refractivity contribution >= 4 is 0 Å². The Labute approximate surface area is 108 Å². The van der Waals surface area contributed by atoms with E-state index in [9.17, 15) is 13.2 Å². The zero-order chi connectivity index (χ0) is 14.0. The second kappa shape index (κ2) is 4.77. The fourth-order valence-electron chi connectivity index (χ4n) is 1.92. The van der Waals surface area contributed by atoms with Gasteiger partial charge in [0.2, 0.25) is 0 Å². The summed E-state index contributed by atoms with van der Waals surface area (Å²) in [5.74, 6) is 0. The summed E-state index contributed by atoms with van der Waals surface area (Å²) in [6.07, 6.45) is -4.55. The Morgan fingerprint density at radius 3 is 2.16 bits per heavy atom. The third kappa shape index (κ3) is 2.60. The molecule has 0 heterocycles. The highest BCUT2D eigenvalue weighted by Crippen LogP contribution is 2.39. The lowest BCUT2D eigenvalue weighted by atomic mass is 9.95. The number of hydrogen-bond donors (Lipinski definition) is 0. The molecule has 2 rings (SSSR count). The lowest BCUT2D eigenvalue weighted by Gasteiger charge is -2.14. The van der Waals surface area contributed by atoms with Crippen LogP contribution in [0.5, 0.6) is 0 Å². The predicted molar refractivity (Wildman–Crippen MR) is 66.3 cm³/mol. The van der Waals surface area contributed by atoms with Crippen molar-refractivity contribution in [2.75, 3.05) is 0 Å². The molecule has 0 fully saturated rings. The molecule has 0 unspecified atom stereocenters. The minimum atomic E-state index is -4.55. The molecule has 96 valence electrons. The SMILES string of the molecule is Cc1ccc(-c2cccc(C#N)c2C(F)(F)F)cc1. The minimum Gasteiger partial charge on any atom is -0.192 e. The maximum absolute atomic E-state index is 13.1. The standard InChI is InChI=1S/C15H10F3N/c1-10-5-7-11(8-6-10)13-4-2-3-12(9-19)14(13)15(16,17)18/h2-8H,1H3. The highest BCUT2D eigenvalue weighted by molar-refractivity contribution is 5.71. The average molecular weight is 261 g/mol. The van der Waals surface area contributed by atoms with E-state index in [2.05, 4.69) is 0 Å². The molecule has 0 aromatic heterocycles. The van der Waals surface area contributed by atoms with Gasteiger partial charge in [0, 0.05) is 0 Å². The molecule has 0 radical (unpaired) electrons. The van der Waals surface area contributed by atoms with Crippen LogP contribution in [0, 0.1) is 18.3 Å². The predicted octanol–water partition coefficient (Wildman–Crippen LogP) is 4.55. The van der Waals surface area contributed by atoms with E-state index >= 15 is 0 Å². The van der Waals surface area contributed by atoms with E-state index in [4.69, 9.17) is 5.26 Å². The second-order valence-corrected chi connectivity index (χ2v) is 4.20. The van der Waals surface area contributed by atoms with Crippen LogP contribution in [0.1, 0.15) is 16.7 Å². The van der Waals surface area contributed by atoms with Crippen molar-refractivity contribution < 1.29 is 13.2 Å². The molecule has 2 aromatic rings. The number of halogens is 3. The van der Waals surface area contributed by atoms with E-state index in [0.29, 0.717) is 5.56 Å². The van der Waals surface area contributed by atoms with Gasteiger partial charge in [0.05, 0.1) is 17.2 Å². The summed E-state index contributed by atoms with van der Waals surface area (Å²) < 4.78 is 39.3. The molecule has 0 saturated heterocycles. The van der Waals surface area contributed by atoms with Gasteiger partial charge in [-0.25, -0.2) is 0 Å². The summed E-state index contributed by atoms with van der Waals surface area (Å²) in [6.45, 7) is 1.86. The summed E-state index contributed by atoms with van der Waals surface area (Å²) in [4.78, 5) is 0. The van der Waals surface area contributed by atoms with Gasteiger partial charge in [0.1, 0.15) is 0 Å². The summed E-state index contributed by atoms with van der Waals surface area (Å²) in [6, 6.07) is 12.4. The fraction of sp³-hybridized carbons (Fsp3) is 0.133. The van der Waals surface area contributed by atoms with Gasteiger partial charge in [0.15, 0.2) is 0 Å². The second-order valence-electron chi connectivity index (χ2n) is 4.20. The van der Waals surface area contributed by atoms with E-state index in [0.717, 1.165) is 5.56 Å². The molecule has 0 N–H and O–H groups in total. The molecule has 0 aliphatic carbocycles. The average Bonchev–Trinajstić information content (AvgIpc) is 2.37. The van der Waals surface area contributed by atoms with Gasteiger partial charge in [-0.15, -0.1) is 0 Å². The van der Waals surface area contributed by atoms with Crippen molar-refractivity contribution in [2.45, 2.75) is 13.1 Å². The maximum atomic E-state index is 13.1. The Balaban J connectivity index is 2.71. The molecular formula is C15H10F3N. The smallest absolute Gasteiger partial charge is 0.192 e. The van der Waals surface area contributed by atoms with Crippen molar-refractivity contribution in [1.29, 1.82) is 5.26 Å². The summed E-state index contributed by atoms with van der Waals surface area (Å²) >= 11 is 0. The Hall–Kier alpha value is -2.28. The molecule has 0 spiro atoms. The first-order chi connectivity index (χ1) is 8.93. The molecule has 4 heteroatoms. The lowest BCUT2D eigenvalue weighted by Crippen LogP contribution is -2.10. The number of aryl methyl sites for hydroxylation is 1. The van der Waals surface area contributed by atoms with Crippen molar-refractivity contribution in [3.63, 3.8) is 0 Å². The van der Waals surface area contributed by atoms with E-state index in [1.165, 1.54) is 18.2 Å². The van der Waals surface area contributed by atoms with E-state index in [-0.39, 0.29) is 11.1 Å². The summed E-state index contributed by atoms with van der Waals surface area (Å²) in [7, 11) is 0. The largest absolute Gasteiger partial charge is 0.418 e. The lowest BCUT2D eigenvalue weighted by molar-refractivity contribution is -0.137. The van der Waals surface area contributed by atoms with E-state index in [1.807, 2.05) is 6.92 Å². The summed E-state index contributed by atoms with van der Waals surface area (Å²) in [5.41, 5.74) is 0.224. The Morgan fingerprint density at radius 1 is 1.00 bits per heavy atom. The number of nitrogens with zero attached hydrogens (tertiary/aromatic N) is 1. The third-order valence-electron chi connectivity index (χ3n) is 2.83. The molecule has 0 atom stereocenters. The molecule has 19 heavy (non-hydrogen) atoms. The van der Waals surface area contributed by atoms with Crippen LogP contribution in [0.2, 0.25) is 0 Å². The molecule has 0 amide bonds. The molecule has 2 aromatic carbocycles. The fourth-order valence-corrected chi connectivity index (χ4v) is 1.92. The Kier molecular flexibility index (Phi) is 3.30. The van der Waals surface area contributed by atoms with Crippen LogP contribution in [-0.2, 0) is 6.18 Å². The minimum absolute atomic E-state index is 0.0338. The quantitative estimate of drug-likeness (QED) is 0.738. The number of benzene rings is 2. The van der Waals surface area contributed by atoms with Gasteiger partial charge in [0.25, 0.3) is 0 Å². The zero-order valence-corrected chi connectivity index (χ0v) is 10.1. The number of rotatable bonds is 1. The third-order valence-corrected chi connectivity index (χ3v) is 2.83. The number of hydrogen-bond acceptors (Lipinski definition) is 1. The van der Waals surface area contributed by atoms with Gasteiger partial charge in [-0.3, -0.25) is 0 Å². The zero-order valence-electron chi connectivity index (χ0n) is 10.1. The Bertz CT molecular complexity index is 634. The van der Waals surface area contributed by atoms with Crippen molar-refractivity contribution in [3.8, 4) is 17.2 Å². The molecule has 0 aliphatic heterocycles. The van der Waals surface area contributed by atoms with Gasteiger partial charge in [-0.2, -0.15) is 18.4 Å². The van der Waals surface area contributed by atoms with Crippen molar-refractivity contribution in [2.24, 2.45) is 0 Å². The van der Waals surface area contributed by atoms with Crippen LogP contribution < -0.4 is 0 Å². The van der Waals surface area contributed by atoms with Gasteiger partial charge < -0.3 is 0 Å². The van der Waals surface area contributed by atoms with Crippen LogP contribution in [0.4, 0.5) is 13.2 Å². The number of alkyl halides is 3. The van der Waals surface area contributed by atoms with Crippen LogP contribution in [-0.4, -0.2) is 0 Å². The normalized spacial score (nSPS) is 11.1. The highest BCUT2D eigenvalue weighted by Gasteiger charge is 2.36. The maximum Gasteiger partial charge on any atom is 0.418 e. The van der Waals surface area contributed by atoms with Crippen LogP contribution in [0.25, 0.3) is 11.1 Å². The molecule has 0 saturated carbocycles. The Morgan fingerprint density at radius 2 is 1.63 bits per heavy atom. The highest BCUT2D eigenvalue weighted by atomic mass is 19.4. The molecule has 1 nitrogen and oxygen atoms in total. The molecule has 0 bridgehead atoms. The van der Waals surface area contributed by atoms with Gasteiger partial charge >= 0.3 is 6.18 Å². The summed E-state index contributed by atoms with van der Waals surface area (Å²) in [5, 5.41) is 8.85. The first-order valence-corrected chi connectivity index (χ1v) is 5.61. The van der Waals surface area contributed by atoms with Crippen molar-refractivity contribution in [3.05, 3.63) is 59.2 Å². The van der Waals surface area contributed by atoms with Crippen LogP contribution in [0.3, 0.4) is 0 Å². The van der Waals surface area contributed by atoms with E-state index in [1.54, 1.807) is 30.3 Å². The van der Waals surface area contributed by atoms with Gasteiger partial charge in [-0.1, -0.05) is 42.0 Å². The first-order valence-electron chi connectivity index (χ1n) is 5.61. The molecule has 0 aliphatic rings. The van der Waals surface area contributed by atoms with Crippen LogP contribution in [0.15, 0.2) is 42.5 Å². The van der Waals surface area contributed by atoms with Crippen molar-refractivity contribution in [1.82, 2.24) is 0 Å². The van der Waals surface area contributed by atoms with Gasteiger partial charge in [-0.05, 0) is 24.1 Å². The molecular weight excluding hydrogens is 251 g/mol. The van der Waals surface area contributed by atoms with E-state index < -0.39 is 11.7 Å².